The van der Waals surface area contributed by atoms with E-state index in [2.05, 4.69) is 15.2 Å². The number of rotatable bonds is 3. The molecule has 3 heterocycles. The minimum atomic E-state index is -3.67. The van der Waals surface area contributed by atoms with Crippen LogP contribution in [-0.4, -0.2) is 41.7 Å². The first-order valence-electron chi connectivity index (χ1n) is 8.41. The molecule has 0 fully saturated rings. The molecule has 1 atom stereocenters. The maximum Gasteiger partial charge on any atom is 0.239 e. The van der Waals surface area contributed by atoms with Crippen molar-refractivity contribution < 1.29 is 12.8 Å². The molecule has 0 amide bonds. The first-order valence-corrected chi connectivity index (χ1v) is 10.8. The summed E-state index contributed by atoms with van der Waals surface area (Å²) in [7, 11) is -2.33. The molecule has 1 aromatic carbocycles. The van der Waals surface area contributed by atoms with E-state index < -0.39 is 21.4 Å². The number of thiophene rings is 1. The fraction of sp³-hybridized carbons (Fsp3) is 0.222. The summed E-state index contributed by atoms with van der Waals surface area (Å²) in [6.07, 6.45) is 1.66. The topological polar surface area (TPSA) is 104 Å². The number of nitrogens with one attached hydrogen (secondary N) is 1. The number of benzene rings is 1. The average Bonchev–Trinajstić information content (AvgIpc) is 3.29. The predicted molar refractivity (Wildman–Crippen MR) is 108 cm³/mol. The zero-order valence-electron chi connectivity index (χ0n) is 15.2. The molecule has 0 saturated carbocycles. The Bertz CT molecular complexity index is 1170. The van der Waals surface area contributed by atoms with Gasteiger partial charge in [0.25, 0.3) is 0 Å². The number of aromatic amines is 1. The van der Waals surface area contributed by atoms with Crippen LogP contribution in [0.5, 0.6) is 0 Å². The number of nitrogens with two attached hydrogens (primary N) is 1. The molecule has 0 unspecified atom stereocenters. The molecule has 1 aliphatic rings. The summed E-state index contributed by atoms with van der Waals surface area (Å²) in [6.45, 7) is 1.59. The van der Waals surface area contributed by atoms with E-state index in [1.54, 1.807) is 13.1 Å². The molecule has 3 N–H and O–H groups in total. The summed E-state index contributed by atoms with van der Waals surface area (Å²) in [5.74, 6) is -0.988. The number of sulfonamides is 1. The molecule has 0 saturated heterocycles. The molecule has 146 valence electrons. The highest BCUT2D eigenvalue weighted by molar-refractivity contribution is 7.89. The molecular formula is C18H18FN5O2S2. The SMILES string of the molecule is CN1C(N)=N[C@](C)(c2sc(-c3cccc(-c4ccn[nH]4)c3)cc2F)CS1(=O)=O. The van der Waals surface area contributed by atoms with E-state index in [9.17, 15) is 12.8 Å². The van der Waals surface area contributed by atoms with E-state index in [0.717, 1.165) is 21.1 Å². The molecule has 10 heteroatoms. The van der Waals surface area contributed by atoms with Gasteiger partial charge in [-0.05, 0) is 30.7 Å². The number of halogens is 1. The van der Waals surface area contributed by atoms with Gasteiger partial charge in [-0.3, -0.25) is 5.10 Å². The molecule has 4 rings (SSSR count). The smallest absolute Gasteiger partial charge is 0.239 e. The fourth-order valence-electron chi connectivity index (χ4n) is 3.20. The van der Waals surface area contributed by atoms with Crippen molar-refractivity contribution in [2.24, 2.45) is 10.7 Å². The molecule has 0 spiro atoms. The number of hydrogen-bond donors (Lipinski definition) is 2. The first kappa shape index (κ1) is 18.6. The lowest BCUT2D eigenvalue weighted by molar-refractivity contribution is 0.466. The van der Waals surface area contributed by atoms with Crippen LogP contribution >= 0.6 is 11.3 Å². The van der Waals surface area contributed by atoms with Gasteiger partial charge in [-0.15, -0.1) is 11.3 Å². The largest absolute Gasteiger partial charge is 0.369 e. The highest BCUT2D eigenvalue weighted by Crippen LogP contribution is 2.41. The Morgan fingerprint density at radius 3 is 2.71 bits per heavy atom. The van der Waals surface area contributed by atoms with Crippen LogP contribution in [0.15, 0.2) is 47.6 Å². The predicted octanol–water partition coefficient (Wildman–Crippen LogP) is 2.75. The van der Waals surface area contributed by atoms with Gasteiger partial charge < -0.3 is 5.73 Å². The highest BCUT2D eigenvalue weighted by Gasteiger charge is 2.42. The van der Waals surface area contributed by atoms with Gasteiger partial charge >= 0.3 is 0 Å². The fourth-order valence-corrected chi connectivity index (χ4v) is 5.85. The van der Waals surface area contributed by atoms with Crippen molar-refractivity contribution >= 4 is 27.3 Å². The number of hydrogen-bond acceptors (Lipinski definition) is 6. The molecule has 0 aliphatic carbocycles. The molecule has 0 radical (unpaired) electrons. The monoisotopic (exact) mass is 419 g/mol. The highest BCUT2D eigenvalue weighted by atomic mass is 32.2. The second kappa shape index (κ2) is 6.42. The van der Waals surface area contributed by atoms with Crippen LogP contribution < -0.4 is 5.73 Å². The van der Waals surface area contributed by atoms with Crippen molar-refractivity contribution in [3.05, 3.63) is 53.3 Å². The normalized spacial score (nSPS) is 21.5. The Kier molecular flexibility index (Phi) is 4.27. The molecule has 3 aromatic rings. The first-order chi connectivity index (χ1) is 13.2. The van der Waals surface area contributed by atoms with Gasteiger partial charge in [0.15, 0.2) is 0 Å². The van der Waals surface area contributed by atoms with Gasteiger partial charge in [-0.1, -0.05) is 18.2 Å². The summed E-state index contributed by atoms with van der Waals surface area (Å²) in [6, 6.07) is 10.9. The quantitative estimate of drug-likeness (QED) is 0.681. The Hall–Kier alpha value is -2.72. The third kappa shape index (κ3) is 3.08. The van der Waals surface area contributed by atoms with Crippen molar-refractivity contribution in [3.63, 3.8) is 0 Å². The third-order valence-electron chi connectivity index (χ3n) is 4.70. The lowest BCUT2D eigenvalue weighted by Gasteiger charge is -2.33. The molecule has 1 aliphatic heterocycles. The van der Waals surface area contributed by atoms with Gasteiger partial charge in [-0.2, -0.15) is 5.10 Å². The summed E-state index contributed by atoms with van der Waals surface area (Å²) in [5.41, 5.74) is 7.09. The molecule has 2 aromatic heterocycles. The van der Waals surface area contributed by atoms with Crippen LogP contribution in [-0.2, 0) is 15.6 Å². The van der Waals surface area contributed by atoms with E-state index >= 15 is 0 Å². The van der Waals surface area contributed by atoms with Crippen LogP contribution in [0.2, 0.25) is 0 Å². The molecule has 28 heavy (non-hydrogen) atoms. The second-order valence-corrected chi connectivity index (χ2v) is 9.86. The zero-order valence-corrected chi connectivity index (χ0v) is 16.8. The summed E-state index contributed by atoms with van der Waals surface area (Å²) >= 11 is 1.18. The number of aliphatic imine (C=N–C) groups is 1. The van der Waals surface area contributed by atoms with Crippen LogP contribution in [0.1, 0.15) is 11.8 Å². The van der Waals surface area contributed by atoms with Crippen molar-refractivity contribution in [2.75, 3.05) is 12.8 Å². The summed E-state index contributed by atoms with van der Waals surface area (Å²) in [4.78, 5) is 5.21. The number of guanidine groups is 1. The van der Waals surface area contributed by atoms with E-state index in [0.29, 0.717) is 4.88 Å². The lowest BCUT2D eigenvalue weighted by atomic mass is 10.0. The Balaban J connectivity index is 1.77. The zero-order chi connectivity index (χ0) is 20.1. The van der Waals surface area contributed by atoms with Gasteiger partial charge in [0.05, 0.1) is 16.3 Å². The van der Waals surface area contributed by atoms with Gasteiger partial charge in [0.2, 0.25) is 16.0 Å². The van der Waals surface area contributed by atoms with Crippen LogP contribution in [0.3, 0.4) is 0 Å². The Morgan fingerprint density at radius 2 is 2.04 bits per heavy atom. The molecular weight excluding hydrogens is 401 g/mol. The third-order valence-corrected chi connectivity index (χ3v) is 8.06. The average molecular weight is 420 g/mol. The summed E-state index contributed by atoms with van der Waals surface area (Å²) in [5, 5.41) is 6.85. The number of aromatic nitrogens is 2. The Labute approximate surface area is 165 Å². The maximum atomic E-state index is 14.9. The second-order valence-electron chi connectivity index (χ2n) is 6.81. The van der Waals surface area contributed by atoms with Gasteiger partial charge in [0, 0.05) is 23.7 Å². The molecule has 7 nitrogen and oxygen atoms in total. The maximum absolute atomic E-state index is 14.9. The van der Waals surface area contributed by atoms with Crippen LogP contribution in [0.4, 0.5) is 4.39 Å². The van der Waals surface area contributed by atoms with E-state index in [1.807, 2.05) is 30.3 Å². The van der Waals surface area contributed by atoms with Crippen molar-refractivity contribution in [1.82, 2.24) is 14.5 Å². The standard InChI is InChI=1S/C18H18FN5O2S2/c1-18(10-28(25,26)24(2)17(20)22-18)16-13(19)9-15(27-16)12-5-3-4-11(8-12)14-6-7-21-23-14/h3-9H,10H2,1-2H3,(H2,20,22)(H,21,23)/t18-/m0/s1. The van der Waals surface area contributed by atoms with Gasteiger partial charge in [0.1, 0.15) is 11.4 Å². The minimum Gasteiger partial charge on any atom is -0.369 e. The summed E-state index contributed by atoms with van der Waals surface area (Å²) < 4.78 is 40.5. The Morgan fingerprint density at radius 1 is 1.29 bits per heavy atom. The molecule has 0 bridgehead atoms. The van der Waals surface area contributed by atoms with E-state index in [1.165, 1.54) is 24.5 Å². The van der Waals surface area contributed by atoms with E-state index in [4.69, 9.17) is 5.73 Å². The van der Waals surface area contributed by atoms with E-state index in [-0.39, 0.29) is 16.6 Å². The van der Waals surface area contributed by atoms with Crippen molar-refractivity contribution in [1.29, 1.82) is 0 Å². The van der Waals surface area contributed by atoms with Gasteiger partial charge in [-0.25, -0.2) is 22.1 Å². The van der Waals surface area contributed by atoms with Crippen LogP contribution in [0.25, 0.3) is 21.7 Å². The minimum absolute atomic E-state index is 0.149. The lowest BCUT2D eigenvalue weighted by Crippen LogP contribution is -2.50. The van der Waals surface area contributed by atoms with Crippen LogP contribution in [0, 0.1) is 5.82 Å². The van der Waals surface area contributed by atoms with Crippen molar-refractivity contribution in [3.8, 4) is 21.7 Å². The number of H-pyrrole nitrogens is 1. The van der Waals surface area contributed by atoms with Crippen molar-refractivity contribution in [2.45, 2.75) is 12.5 Å². The number of nitrogens with zero attached hydrogens (tertiary/aromatic N) is 3.